The predicted molar refractivity (Wildman–Crippen MR) is 140 cm³/mol. The van der Waals surface area contributed by atoms with Gasteiger partial charge in [0, 0.05) is 61.2 Å². The van der Waals surface area contributed by atoms with E-state index in [0.29, 0.717) is 11.6 Å². The van der Waals surface area contributed by atoms with Crippen molar-refractivity contribution in [2.45, 2.75) is 45.1 Å². The molecule has 0 bridgehead atoms. The number of carboxylic acids is 1. The summed E-state index contributed by atoms with van der Waals surface area (Å²) in [6.45, 7) is 4.39. The SMILES string of the molecule is CC(C(=O)O)=C1CCC(N2CC=C(C3=C4NN=C5C=Cc6cc(F)cc(c65)C4=CN(C)C3)CC2)CC1. The van der Waals surface area contributed by atoms with Gasteiger partial charge < -0.3 is 10.0 Å². The van der Waals surface area contributed by atoms with Crippen molar-refractivity contribution in [1.82, 2.24) is 15.2 Å². The Bertz CT molecular complexity index is 1340. The van der Waals surface area contributed by atoms with Crippen LogP contribution in [0.2, 0.25) is 0 Å². The number of hydrogen-bond donors (Lipinski definition) is 2. The number of halogens is 1. The first-order valence-electron chi connectivity index (χ1n) is 12.8. The minimum Gasteiger partial charge on any atom is -0.478 e. The van der Waals surface area contributed by atoms with E-state index in [1.54, 1.807) is 19.1 Å². The summed E-state index contributed by atoms with van der Waals surface area (Å²) in [6.07, 6.45) is 13.1. The molecule has 0 radical (unpaired) electrons. The highest BCUT2D eigenvalue weighted by molar-refractivity contribution is 6.20. The largest absolute Gasteiger partial charge is 0.478 e. The summed E-state index contributed by atoms with van der Waals surface area (Å²) in [6, 6.07) is 3.70. The summed E-state index contributed by atoms with van der Waals surface area (Å²) in [5.41, 5.74) is 13.1. The van der Waals surface area contributed by atoms with Crippen LogP contribution < -0.4 is 5.43 Å². The Hall–Kier alpha value is -3.45. The molecule has 0 saturated heterocycles. The molecule has 3 aliphatic heterocycles. The number of allylic oxidation sites excluding steroid dienone is 3. The quantitative estimate of drug-likeness (QED) is 0.608. The predicted octanol–water partition coefficient (Wildman–Crippen LogP) is 4.68. The Kier molecular flexibility index (Phi) is 5.67. The lowest BCUT2D eigenvalue weighted by molar-refractivity contribution is -0.132. The topological polar surface area (TPSA) is 68.2 Å². The number of rotatable bonds is 3. The smallest absolute Gasteiger partial charge is 0.331 e. The van der Waals surface area contributed by atoms with Crippen LogP contribution in [0.5, 0.6) is 0 Å². The minimum atomic E-state index is -0.790. The molecule has 0 atom stereocenters. The standard InChI is InChI=1S/C29H31FN4O2/c1-17(29(35)36)18-3-6-22(7-4-18)34-11-9-19(10-12-34)24-15-33(2)16-25-23-14-21(30)13-20-5-8-26(27(20)23)31-32-28(24)25/h5,8-9,13-14,16,22,32H,3-4,6-7,10-12,15H2,1-2H3,(H,35,36). The third kappa shape index (κ3) is 3.91. The first-order chi connectivity index (χ1) is 17.4. The van der Waals surface area contributed by atoms with Gasteiger partial charge in [-0.2, -0.15) is 5.10 Å². The molecule has 186 valence electrons. The number of benzene rings is 1. The minimum absolute atomic E-state index is 0.233. The zero-order valence-electron chi connectivity index (χ0n) is 20.8. The summed E-state index contributed by atoms with van der Waals surface area (Å²) in [4.78, 5) is 16.0. The molecule has 2 aliphatic carbocycles. The summed E-state index contributed by atoms with van der Waals surface area (Å²) in [7, 11) is 2.07. The molecule has 6 nitrogen and oxygen atoms in total. The van der Waals surface area contributed by atoms with E-state index in [0.717, 1.165) is 91.0 Å². The molecule has 36 heavy (non-hydrogen) atoms. The van der Waals surface area contributed by atoms with E-state index in [9.17, 15) is 14.3 Å². The van der Waals surface area contributed by atoms with E-state index < -0.39 is 5.97 Å². The van der Waals surface area contributed by atoms with Crippen molar-refractivity contribution < 1.29 is 14.3 Å². The molecule has 0 spiro atoms. The molecule has 7 heteroatoms. The van der Waals surface area contributed by atoms with Crippen LogP contribution in [0, 0.1) is 5.82 Å². The van der Waals surface area contributed by atoms with Crippen molar-refractivity contribution in [3.8, 4) is 0 Å². The van der Waals surface area contributed by atoms with Crippen LogP contribution in [0.3, 0.4) is 0 Å². The Morgan fingerprint density at radius 3 is 2.72 bits per heavy atom. The van der Waals surface area contributed by atoms with Crippen molar-refractivity contribution in [2.75, 3.05) is 26.7 Å². The molecule has 1 aromatic carbocycles. The van der Waals surface area contributed by atoms with Gasteiger partial charge in [-0.15, -0.1) is 0 Å². The van der Waals surface area contributed by atoms with Gasteiger partial charge in [0.05, 0.1) is 11.4 Å². The van der Waals surface area contributed by atoms with Crippen LogP contribution in [-0.2, 0) is 4.79 Å². The van der Waals surface area contributed by atoms with Gasteiger partial charge in [0.2, 0.25) is 0 Å². The maximum atomic E-state index is 14.5. The lowest BCUT2D eigenvalue weighted by Crippen LogP contribution is -2.40. The third-order valence-electron chi connectivity index (χ3n) is 8.27. The number of likely N-dealkylation sites (N-methyl/N-ethyl adjacent to an activating group) is 1. The Labute approximate surface area is 210 Å². The summed E-state index contributed by atoms with van der Waals surface area (Å²) in [5, 5.41) is 14.0. The van der Waals surface area contributed by atoms with E-state index >= 15 is 0 Å². The molecular formula is C29H31FN4O2. The van der Waals surface area contributed by atoms with Gasteiger partial charge in [-0.25, -0.2) is 9.18 Å². The van der Waals surface area contributed by atoms with Crippen LogP contribution in [0.1, 0.15) is 55.7 Å². The average Bonchev–Trinajstić information content (AvgIpc) is 3.22. The molecule has 0 amide bonds. The fourth-order valence-corrected chi connectivity index (χ4v) is 6.27. The second-order valence-electron chi connectivity index (χ2n) is 10.4. The highest BCUT2D eigenvalue weighted by Crippen LogP contribution is 2.40. The van der Waals surface area contributed by atoms with Gasteiger partial charge >= 0.3 is 5.97 Å². The number of nitrogens with one attached hydrogen (secondary N) is 1. The van der Waals surface area contributed by atoms with Crippen molar-refractivity contribution in [3.05, 3.63) is 81.0 Å². The molecule has 0 aromatic heterocycles. The van der Waals surface area contributed by atoms with E-state index in [4.69, 9.17) is 5.10 Å². The fourth-order valence-electron chi connectivity index (χ4n) is 6.27. The van der Waals surface area contributed by atoms with Crippen molar-refractivity contribution >= 4 is 23.3 Å². The molecule has 5 aliphatic rings. The highest BCUT2D eigenvalue weighted by atomic mass is 19.1. The zero-order chi connectivity index (χ0) is 25.0. The molecule has 3 heterocycles. The van der Waals surface area contributed by atoms with Crippen molar-refractivity contribution in [1.29, 1.82) is 0 Å². The van der Waals surface area contributed by atoms with Gasteiger partial charge in [-0.05, 0) is 73.9 Å². The number of nitrogens with zero attached hydrogens (tertiary/aromatic N) is 3. The van der Waals surface area contributed by atoms with Gasteiger partial charge in [-0.3, -0.25) is 10.3 Å². The van der Waals surface area contributed by atoms with Crippen LogP contribution in [-0.4, -0.2) is 59.3 Å². The average molecular weight is 487 g/mol. The molecule has 1 aromatic rings. The molecule has 1 saturated carbocycles. The van der Waals surface area contributed by atoms with Crippen molar-refractivity contribution in [2.24, 2.45) is 5.10 Å². The van der Waals surface area contributed by atoms with E-state index in [-0.39, 0.29) is 5.82 Å². The maximum Gasteiger partial charge on any atom is 0.331 e. The normalized spacial score (nSPS) is 23.3. The number of fused-ring (bicyclic) bond motifs is 2. The molecule has 1 fully saturated rings. The molecule has 2 N–H and O–H groups in total. The first kappa shape index (κ1) is 23.0. The highest BCUT2D eigenvalue weighted by Gasteiger charge is 2.32. The van der Waals surface area contributed by atoms with Crippen LogP contribution >= 0.6 is 0 Å². The van der Waals surface area contributed by atoms with Crippen LogP contribution in [0.15, 0.2) is 63.6 Å². The zero-order valence-corrected chi connectivity index (χ0v) is 20.8. The number of carbonyl (C=O) groups is 1. The van der Waals surface area contributed by atoms with Gasteiger partial charge in [0.15, 0.2) is 0 Å². The van der Waals surface area contributed by atoms with E-state index in [1.807, 2.05) is 12.2 Å². The number of carboxylic acid groups (broad SMARTS) is 1. The van der Waals surface area contributed by atoms with Crippen LogP contribution in [0.4, 0.5) is 4.39 Å². The fraction of sp³-hybridized carbons (Fsp3) is 0.379. The first-order valence-corrected chi connectivity index (χ1v) is 12.8. The summed E-state index contributed by atoms with van der Waals surface area (Å²) >= 11 is 0. The second-order valence-corrected chi connectivity index (χ2v) is 10.4. The third-order valence-corrected chi connectivity index (χ3v) is 8.27. The van der Waals surface area contributed by atoms with Gasteiger partial charge in [-0.1, -0.05) is 17.7 Å². The monoisotopic (exact) mass is 486 g/mol. The van der Waals surface area contributed by atoms with E-state index in [1.165, 1.54) is 11.1 Å². The second kappa shape index (κ2) is 8.89. The van der Waals surface area contributed by atoms with Crippen LogP contribution in [0.25, 0.3) is 11.6 Å². The molecule has 6 rings (SSSR count). The molecule has 0 unspecified atom stereocenters. The lowest BCUT2D eigenvalue weighted by Gasteiger charge is -2.38. The Morgan fingerprint density at radius 2 is 2.00 bits per heavy atom. The van der Waals surface area contributed by atoms with Gasteiger partial charge in [0.1, 0.15) is 5.82 Å². The molecular weight excluding hydrogens is 455 g/mol. The Balaban J connectivity index is 1.26. The number of hydrazone groups is 1. The van der Waals surface area contributed by atoms with Gasteiger partial charge in [0.25, 0.3) is 0 Å². The summed E-state index contributed by atoms with van der Waals surface area (Å²) in [5.74, 6) is -1.02. The summed E-state index contributed by atoms with van der Waals surface area (Å²) < 4.78 is 14.5. The Morgan fingerprint density at radius 1 is 1.19 bits per heavy atom. The lowest BCUT2D eigenvalue weighted by atomic mass is 9.85. The van der Waals surface area contributed by atoms with Crippen molar-refractivity contribution in [3.63, 3.8) is 0 Å². The number of aliphatic carboxylic acids is 1. The van der Waals surface area contributed by atoms with E-state index in [2.05, 4.69) is 34.5 Å². The maximum absolute atomic E-state index is 14.5. The number of hydrogen-bond acceptors (Lipinski definition) is 5.